The number of nitrogens with one attached hydrogen (secondary N) is 1. The third kappa shape index (κ3) is 3.27. The lowest BCUT2D eigenvalue weighted by Crippen LogP contribution is -2.20. The Morgan fingerprint density at radius 1 is 1.21 bits per heavy atom. The Bertz CT molecular complexity index is 963. The summed E-state index contributed by atoms with van der Waals surface area (Å²) in [6.45, 7) is 3.77. The van der Waals surface area contributed by atoms with Crippen LogP contribution < -0.4 is 5.43 Å². The molecule has 3 aromatic rings. The number of nitrogens with zero attached hydrogens (tertiary/aromatic N) is 3. The van der Waals surface area contributed by atoms with Crippen LogP contribution in [0.25, 0.3) is 5.65 Å². The molecule has 0 aliphatic rings. The first-order valence-electron chi connectivity index (χ1n) is 7.19. The van der Waals surface area contributed by atoms with Crippen LogP contribution in [0.4, 0.5) is 0 Å². The molecule has 0 radical (unpaired) electrons. The van der Waals surface area contributed by atoms with Crippen molar-refractivity contribution in [3.05, 3.63) is 69.1 Å². The molecule has 0 spiro atoms. The molecule has 0 bridgehead atoms. The van der Waals surface area contributed by atoms with E-state index >= 15 is 0 Å². The summed E-state index contributed by atoms with van der Waals surface area (Å²) in [4.78, 5) is 16.8. The number of aryl methyl sites for hydroxylation is 2. The molecule has 0 saturated heterocycles. The first-order valence-corrected chi connectivity index (χ1v) is 7.95. The summed E-state index contributed by atoms with van der Waals surface area (Å²) < 4.78 is 1.74. The fraction of sp³-hybridized carbons (Fsp3) is 0.118. The van der Waals surface area contributed by atoms with E-state index in [1.165, 1.54) is 6.21 Å². The van der Waals surface area contributed by atoms with E-state index in [2.05, 4.69) is 15.5 Å². The molecule has 0 aliphatic carbocycles. The molecule has 5 nitrogen and oxygen atoms in total. The molecule has 122 valence electrons. The number of pyridine rings is 1. The first kappa shape index (κ1) is 16.5. The summed E-state index contributed by atoms with van der Waals surface area (Å²) in [5.74, 6) is -0.333. The Kier molecular flexibility index (Phi) is 4.55. The molecular formula is C17H14Cl2N4O. The van der Waals surface area contributed by atoms with Gasteiger partial charge in [0.05, 0.1) is 22.0 Å². The summed E-state index contributed by atoms with van der Waals surface area (Å²) >= 11 is 11.8. The van der Waals surface area contributed by atoms with Crippen molar-refractivity contribution in [1.29, 1.82) is 0 Å². The van der Waals surface area contributed by atoms with Gasteiger partial charge in [-0.1, -0.05) is 29.3 Å². The van der Waals surface area contributed by atoms with Gasteiger partial charge in [0.2, 0.25) is 0 Å². The predicted molar refractivity (Wildman–Crippen MR) is 96.2 cm³/mol. The van der Waals surface area contributed by atoms with Crippen molar-refractivity contribution in [3.63, 3.8) is 0 Å². The highest BCUT2D eigenvalue weighted by Crippen LogP contribution is 2.21. The molecule has 0 aliphatic heterocycles. The number of amides is 1. The van der Waals surface area contributed by atoms with Gasteiger partial charge in [0.25, 0.3) is 5.91 Å². The van der Waals surface area contributed by atoms with E-state index in [9.17, 15) is 4.79 Å². The van der Waals surface area contributed by atoms with Crippen LogP contribution in [0.5, 0.6) is 0 Å². The Labute approximate surface area is 148 Å². The number of hydrogen-bond donors (Lipinski definition) is 1. The number of fused-ring (bicyclic) bond motifs is 1. The van der Waals surface area contributed by atoms with Gasteiger partial charge in [-0.2, -0.15) is 5.10 Å². The molecule has 0 fully saturated rings. The first-order chi connectivity index (χ1) is 11.5. The number of hydrazone groups is 1. The molecule has 0 atom stereocenters. The van der Waals surface area contributed by atoms with E-state index in [1.807, 2.05) is 25.3 Å². The Balaban J connectivity index is 1.81. The van der Waals surface area contributed by atoms with Crippen LogP contribution in [0, 0.1) is 13.8 Å². The number of hydrogen-bond acceptors (Lipinski definition) is 3. The van der Waals surface area contributed by atoms with Crippen molar-refractivity contribution in [1.82, 2.24) is 14.8 Å². The molecule has 3 rings (SSSR count). The van der Waals surface area contributed by atoms with Crippen molar-refractivity contribution in [2.24, 2.45) is 5.10 Å². The van der Waals surface area contributed by atoms with E-state index in [0.29, 0.717) is 21.4 Å². The summed E-state index contributed by atoms with van der Waals surface area (Å²) in [6.07, 6.45) is 3.32. The van der Waals surface area contributed by atoms with E-state index in [4.69, 9.17) is 23.2 Å². The second-order valence-corrected chi connectivity index (χ2v) is 6.17. The van der Waals surface area contributed by atoms with Crippen LogP contribution in [0.2, 0.25) is 10.0 Å². The van der Waals surface area contributed by atoms with Gasteiger partial charge in [-0.15, -0.1) is 0 Å². The van der Waals surface area contributed by atoms with Crippen LogP contribution in [0.15, 0.2) is 41.6 Å². The molecule has 1 amide bonds. The van der Waals surface area contributed by atoms with Gasteiger partial charge >= 0.3 is 0 Å². The predicted octanol–water partition coefficient (Wildman–Crippen LogP) is 4.02. The standard InChI is InChI=1S/C17H14Cl2N4O/c1-10-5-6-23-15(7-10)21-11(2)16(23)17(24)22-20-9-12-3-4-13(18)14(19)8-12/h3-9H,1-2H3,(H,22,24)/b20-9-. The lowest BCUT2D eigenvalue weighted by molar-refractivity contribution is 0.0948. The number of imidazole rings is 1. The minimum Gasteiger partial charge on any atom is -0.295 e. The molecule has 0 saturated carbocycles. The van der Waals surface area contributed by atoms with Crippen LogP contribution in [0.3, 0.4) is 0 Å². The van der Waals surface area contributed by atoms with Crippen LogP contribution in [-0.4, -0.2) is 21.5 Å². The minimum absolute atomic E-state index is 0.333. The molecule has 2 aromatic heterocycles. The number of benzene rings is 1. The van der Waals surface area contributed by atoms with Crippen molar-refractivity contribution >= 4 is 41.0 Å². The molecular weight excluding hydrogens is 347 g/mol. The molecule has 1 N–H and O–H groups in total. The zero-order valence-electron chi connectivity index (χ0n) is 13.0. The zero-order chi connectivity index (χ0) is 17.3. The monoisotopic (exact) mass is 360 g/mol. The van der Waals surface area contributed by atoms with Crippen LogP contribution in [0.1, 0.15) is 27.3 Å². The van der Waals surface area contributed by atoms with Crippen molar-refractivity contribution in [3.8, 4) is 0 Å². The third-order valence-electron chi connectivity index (χ3n) is 3.49. The van der Waals surface area contributed by atoms with Gasteiger partial charge in [-0.3, -0.25) is 9.20 Å². The van der Waals surface area contributed by atoms with Gasteiger partial charge in [-0.05, 0) is 49.2 Å². The maximum atomic E-state index is 12.4. The highest BCUT2D eigenvalue weighted by atomic mass is 35.5. The summed E-state index contributed by atoms with van der Waals surface area (Å²) in [5.41, 5.74) is 6.15. The van der Waals surface area contributed by atoms with E-state index < -0.39 is 0 Å². The fourth-order valence-corrected chi connectivity index (χ4v) is 2.66. The SMILES string of the molecule is Cc1ccn2c(C(=O)N/N=C\c3ccc(Cl)c(Cl)c3)c(C)nc2c1. The van der Waals surface area contributed by atoms with Gasteiger partial charge < -0.3 is 0 Å². The highest BCUT2D eigenvalue weighted by Gasteiger charge is 2.15. The summed E-state index contributed by atoms with van der Waals surface area (Å²) in [6, 6.07) is 8.94. The molecule has 24 heavy (non-hydrogen) atoms. The average molecular weight is 361 g/mol. The lowest BCUT2D eigenvalue weighted by Gasteiger charge is -2.02. The van der Waals surface area contributed by atoms with Gasteiger partial charge in [-0.25, -0.2) is 10.4 Å². The minimum atomic E-state index is -0.333. The third-order valence-corrected chi connectivity index (χ3v) is 4.23. The van der Waals surface area contributed by atoms with Gasteiger partial charge in [0, 0.05) is 6.20 Å². The second-order valence-electron chi connectivity index (χ2n) is 5.35. The Hall–Kier alpha value is -2.37. The van der Waals surface area contributed by atoms with Gasteiger partial charge in [0.15, 0.2) is 0 Å². The molecule has 0 unspecified atom stereocenters. The maximum Gasteiger partial charge on any atom is 0.290 e. The highest BCUT2D eigenvalue weighted by molar-refractivity contribution is 6.42. The van der Waals surface area contributed by atoms with Crippen molar-refractivity contribution in [2.45, 2.75) is 13.8 Å². The average Bonchev–Trinajstić information content (AvgIpc) is 2.85. The molecule has 7 heteroatoms. The van der Waals surface area contributed by atoms with Gasteiger partial charge in [0.1, 0.15) is 11.3 Å². The van der Waals surface area contributed by atoms with Crippen LogP contribution >= 0.6 is 23.2 Å². The smallest absolute Gasteiger partial charge is 0.290 e. The second kappa shape index (κ2) is 6.63. The number of carbonyl (C=O) groups is 1. The number of carbonyl (C=O) groups excluding carboxylic acids is 1. The summed E-state index contributed by atoms with van der Waals surface area (Å²) in [7, 11) is 0. The fourth-order valence-electron chi connectivity index (χ4n) is 2.35. The largest absolute Gasteiger partial charge is 0.295 e. The number of rotatable bonds is 3. The van der Waals surface area contributed by atoms with Crippen molar-refractivity contribution < 1.29 is 4.79 Å². The lowest BCUT2D eigenvalue weighted by atomic mass is 10.2. The van der Waals surface area contributed by atoms with Crippen molar-refractivity contribution in [2.75, 3.05) is 0 Å². The number of halogens is 2. The zero-order valence-corrected chi connectivity index (χ0v) is 14.6. The van der Waals surface area contributed by atoms with E-state index in [0.717, 1.165) is 16.8 Å². The van der Waals surface area contributed by atoms with E-state index in [1.54, 1.807) is 29.5 Å². The Morgan fingerprint density at radius 3 is 2.75 bits per heavy atom. The summed E-state index contributed by atoms with van der Waals surface area (Å²) in [5, 5.41) is 4.86. The number of aromatic nitrogens is 2. The van der Waals surface area contributed by atoms with E-state index in [-0.39, 0.29) is 5.91 Å². The maximum absolute atomic E-state index is 12.4. The molecule has 2 heterocycles. The topological polar surface area (TPSA) is 58.8 Å². The van der Waals surface area contributed by atoms with Crippen LogP contribution in [-0.2, 0) is 0 Å². The quantitative estimate of drug-likeness (QED) is 0.566. The normalized spacial score (nSPS) is 11.3. The Morgan fingerprint density at radius 2 is 2.00 bits per heavy atom. The molecule has 1 aromatic carbocycles.